The van der Waals surface area contributed by atoms with Gasteiger partial charge >= 0.3 is 0 Å². The van der Waals surface area contributed by atoms with Crippen LogP contribution in [0, 0.1) is 0 Å². The Morgan fingerprint density at radius 1 is 1.25 bits per heavy atom. The Morgan fingerprint density at radius 2 is 1.94 bits per heavy atom. The number of hydrogen-bond acceptors (Lipinski definition) is 3. The van der Waals surface area contributed by atoms with Crippen LogP contribution in [0.2, 0.25) is 0 Å². The third-order valence-corrected chi connectivity index (χ3v) is 2.49. The van der Waals surface area contributed by atoms with Crippen LogP contribution in [0.3, 0.4) is 0 Å². The number of nitrogens with zero attached hydrogens (tertiary/aromatic N) is 1. The smallest absolute Gasteiger partial charge is 0.126 e. The van der Waals surface area contributed by atoms with Crippen LogP contribution in [-0.4, -0.2) is 18.6 Å². The molecule has 0 aliphatic carbocycles. The average molecular weight is 221 g/mol. The first-order valence-electron chi connectivity index (χ1n) is 5.87. The van der Waals surface area contributed by atoms with Crippen LogP contribution >= 0.6 is 0 Å². The SMILES string of the molecule is CCNCc1cc(NC)nc(C(C)(C)C)c1. The molecule has 0 saturated carbocycles. The number of rotatable bonds is 4. The third-order valence-electron chi connectivity index (χ3n) is 2.49. The summed E-state index contributed by atoms with van der Waals surface area (Å²) < 4.78 is 0. The summed E-state index contributed by atoms with van der Waals surface area (Å²) in [5, 5.41) is 6.46. The Kier molecular flexibility index (Phi) is 4.30. The predicted octanol–water partition coefficient (Wildman–Crippen LogP) is 2.53. The highest BCUT2D eigenvalue weighted by Crippen LogP contribution is 2.23. The van der Waals surface area contributed by atoms with E-state index in [9.17, 15) is 0 Å². The van der Waals surface area contributed by atoms with Crippen molar-refractivity contribution in [2.75, 3.05) is 18.9 Å². The molecule has 0 spiro atoms. The fraction of sp³-hybridized carbons (Fsp3) is 0.615. The third kappa shape index (κ3) is 3.49. The Morgan fingerprint density at radius 3 is 2.44 bits per heavy atom. The zero-order valence-corrected chi connectivity index (χ0v) is 11.0. The molecule has 1 heterocycles. The molecule has 0 aliphatic heterocycles. The van der Waals surface area contributed by atoms with Gasteiger partial charge in [0.15, 0.2) is 0 Å². The molecular weight excluding hydrogens is 198 g/mol. The second-order valence-corrected chi connectivity index (χ2v) is 5.03. The van der Waals surface area contributed by atoms with Gasteiger partial charge in [-0.15, -0.1) is 0 Å². The van der Waals surface area contributed by atoms with Gasteiger partial charge in [-0.2, -0.15) is 0 Å². The molecule has 0 fully saturated rings. The summed E-state index contributed by atoms with van der Waals surface area (Å²) in [6.07, 6.45) is 0. The molecule has 1 aromatic heterocycles. The zero-order valence-electron chi connectivity index (χ0n) is 11.0. The first kappa shape index (κ1) is 13.0. The van der Waals surface area contributed by atoms with Gasteiger partial charge in [0.25, 0.3) is 0 Å². The van der Waals surface area contributed by atoms with Crippen molar-refractivity contribution < 1.29 is 0 Å². The van der Waals surface area contributed by atoms with Crippen molar-refractivity contribution in [1.82, 2.24) is 10.3 Å². The number of aromatic nitrogens is 1. The molecule has 16 heavy (non-hydrogen) atoms. The second kappa shape index (κ2) is 5.30. The lowest BCUT2D eigenvalue weighted by Gasteiger charge is -2.20. The summed E-state index contributed by atoms with van der Waals surface area (Å²) >= 11 is 0. The minimum absolute atomic E-state index is 0.0911. The van der Waals surface area contributed by atoms with Crippen LogP contribution in [0.5, 0.6) is 0 Å². The van der Waals surface area contributed by atoms with E-state index in [2.05, 4.69) is 55.4 Å². The van der Waals surface area contributed by atoms with E-state index in [0.717, 1.165) is 24.6 Å². The number of nitrogens with one attached hydrogen (secondary N) is 2. The lowest BCUT2D eigenvalue weighted by Crippen LogP contribution is -2.17. The molecule has 0 aromatic carbocycles. The van der Waals surface area contributed by atoms with Gasteiger partial charge in [0, 0.05) is 24.7 Å². The topological polar surface area (TPSA) is 37.0 Å². The molecule has 0 radical (unpaired) electrons. The van der Waals surface area contributed by atoms with Crippen LogP contribution in [0.25, 0.3) is 0 Å². The summed E-state index contributed by atoms with van der Waals surface area (Å²) in [6.45, 7) is 10.6. The van der Waals surface area contributed by atoms with E-state index >= 15 is 0 Å². The maximum atomic E-state index is 4.59. The molecule has 0 aliphatic rings. The van der Waals surface area contributed by atoms with Crippen molar-refractivity contribution in [3.05, 3.63) is 23.4 Å². The van der Waals surface area contributed by atoms with Crippen molar-refractivity contribution in [3.8, 4) is 0 Å². The van der Waals surface area contributed by atoms with Gasteiger partial charge in [-0.3, -0.25) is 0 Å². The normalized spacial score (nSPS) is 11.6. The molecule has 1 rings (SSSR count). The van der Waals surface area contributed by atoms with Crippen molar-refractivity contribution in [2.45, 2.75) is 39.7 Å². The summed E-state index contributed by atoms with van der Waals surface area (Å²) in [7, 11) is 1.91. The van der Waals surface area contributed by atoms with Gasteiger partial charge in [0.1, 0.15) is 5.82 Å². The Labute approximate surface area is 98.7 Å². The van der Waals surface area contributed by atoms with Crippen molar-refractivity contribution in [3.63, 3.8) is 0 Å². The van der Waals surface area contributed by atoms with Crippen LogP contribution in [-0.2, 0) is 12.0 Å². The Hall–Kier alpha value is -1.09. The van der Waals surface area contributed by atoms with E-state index in [1.54, 1.807) is 0 Å². The fourth-order valence-electron chi connectivity index (χ4n) is 1.47. The maximum Gasteiger partial charge on any atom is 0.126 e. The fourth-order valence-corrected chi connectivity index (χ4v) is 1.47. The molecule has 3 nitrogen and oxygen atoms in total. The summed E-state index contributed by atoms with van der Waals surface area (Å²) in [5.74, 6) is 0.945. The van der Waals surface area contributed by atoms with E-state index in [1.807, 2.05) is 7.05 Å². The maximum absolute atomic E-state index is 4.59. The van der Waals surface area contributed by atoms with Gasteiger partial charge in [0.2, 0.25) is 0 Å². The highest BCUT2D eigenvalue weighted by molar-refractivity contribution is 5.40. The summed E-state index contributed by atoms with van der Waals surface area (Å²) in [4.78, 5) is 4.59. The number of pyridine rings is 1. The zero-order chi connectivity index (χ0) is 12.2. The van der Waals surface area contributed by atoms with E-state index in [-0.39, 0.29) is 5.41 Å². The van der Waals surface area contributed by atoms with Crippen molar-refractivity contribution in [1.29, 1.82) is 0 Å². The van der Waals surface area contributed by atoms with Crippen molar-refractivity contribution >= 4 is 5.82 Å². The minimum Gasteiger partial charge on any atom is -0.373 e. The molecule has 3 heteroatoms. The minimum atomic E-state index is 0.0911. The molecule has 90 valence electrons. The molecule has 2 N–H and O–H groups in total. The van der Waals surface area contributed by atoms with E-state index in [4.69, 9.17) is 0 Å². The molecule has 0 amide bonds. The van der Waals surface area contributed by atoms with Crippen LogP contribution < -0.4 is 10.6 Å². The van der Waals surface area contributed by atoms with Gasteiger partial charge in [-0.25, -0.2) is 4.98 Å². The van der Waals surface area contributed by atoms with Gasteiger partial charge < -0.3 is 10.6 Å². The molecule has 1 aromatic rings. The molecule has 0 atom stereocenters. The molecule has 0 unspecified atom stereocenters. The highest BCUT2D eigenvalue weighted by atomic mass is 15.0. The largest absolute Gasteiger partial charge is 0.373 e. The monoisotopic (exact) mass is 221 g/mol. The number of anilines is 1. The summed E-state index contributed by atoms with van der Waals surface area (Å²) in [5.41, 5.74) is 2.51. The summed E-state index contributed by atoms with van der Waals surface area (Å²) in [6, 6.07) is 4.28. The van der Waals surface area contributed by atoms with E-state index in [0.29, 0.717) is 0 Å². The lowest BCUT2D eigenvalue weighted by molar-refractivity contribution is 0.567. The van der Waals surface area contributed by atoms with E-state index in [1.165, 1.54) is 5.56 Å². The van der Waals surface area contributed by atoms with Crippen LogP contribution in [0.4, 0.5) is 5.82 Å². The Balaban J connectivity index is 3.01. The highest BCUT2D eigenvalue weighted by Gasteiger charge is 2.16. The molecular formula is C13H23N3. The predicted molar refractivity (Wildman–Crippen MR) is 69.9 cm³/mol. The first-order valence-corrected chi connectivity index (χ1v) is 5.87. The van der Waals surface area contributed by atoms with Crippen LogP contribution in [0.15, 0.2) is 12.1 Å². The van der Waals surface area contributed by atoms with Crippen molar-refractivity contribution in [2.24, 2.45) is 0 Å². The van der Waals surface area contributed by atoms with Gasteiger partial charge in [0.05, 0.1) is 0 Å². The molecule has 0 bridgehead atoms. The van der Waals surface area contributed by atoms with Gasteiger partial charge in [-0.05, 0) is 24.2 Å². The number of hydrogen-bond donors (Lipinski definition) is 2. The lowest BCUT2D eigenvalue weighted by atomic mass is 9.90. The van der Waals surface area contributed by atoms with E-state index < -0.39 is 0 Å². The quantitative estimate of drug-likeness (QED) is 0.820. The van der Waals surface area contributed by atoms with Crippen LogP contribution in [0.1, 0.15) is 39.0 Å². The van der Waals surface area contributed by atoms with Gasteiger partial charge in [-0.1, -0.05) is 27.7 Å². The molecule has 0 saturated heterocycles. The second-order valence-electron chi connectivity index (χ2n) is 5.03. The average Bonchev–Trinajstić information content (AvgIpc) is 2.24. The standard InChI is InChI=1S/C13H23N3/c1-6-15-9-10-7-11(13(2,3)4)16-12(8-10)14-5/h7-8,15H,6,9H2,1-5H3,(H,14,16). The Bertz CT molecular complexity index is 340. The first-order chi connectivity index (χ1) is 7.47.